The smallest absolute Gasteiger partial charge is 0.309 e. The second-order valence-corrected chi connectivity index (χ2v) is 6.00. The number of aliphatic carboxylic acids is 1. The number of rotatable bonds is 7. The molecule has 2 N–H and O–H groups in total. The molecule has 2 rings (SSSR count). The van der Waals surface area contributed by atoms with Gasteiger partial charge in [0.05, 0.1) is 18.0 Å². The van der Waals surface area contributed by atoms with Crippen LogP contribution >= 0.6 is 24.0 Å². The number of aromatic nitrogens is 1. The molecule has 22 heavy (non-hydrogen) atoms. The second-order valence-electron chi connectivity index (χ2n) is 4.77. The minimum Gasteiger partial charge on any atom is -0.481 e. The minimum atomic E-state index is -0.944. The normalized spacial score (nSPS) is 11.9. The van der Waals surface area contributed by atoms with Gasteiger partial charge >= 0.3 is 5.97 Å². The number of anilines is 1. The molecule has 0 saturated carbocycles. The molecule has 1 aromatic heterocycles. The quantitative estimate of drug-likeness (QED) is 0.679. The fourth-order valence-electron chi connectivity index (χ4n) is 1.95. The van der Waals surface area contributed by atoms with Gasteiger partial charge in [0, 0.05) is 11.1 Å². The summed E-state index contributed by atoms with van der Waals surface area (Å²) in [5.74, 6) is -0.943. The van der Waals surface area contributed by atoms with Crippen molar-refractivity contribution in [1.82, 2.24) is 4.98 Å². The van der Waals surface area contributed by atoms with E-state index in [0.29, 0.717) is 23.0 Å². The number of carbonyl (C=O) groups excluding carboxylic acids is 1. The Labute approximate surface area is 137 Å². The zero-order valence-electron chi connectivity index (χ0n) is 11.7. The molecular formula is C15H16N2O3S2. The van der Waals surface area contributed by atoms with Gasteiger partial charge < -0.3 is 10.4 Å². The molecule has 0 aliphatic rings. The van der Waals surface area contributed by atoms with Crippen LogP contribution in [0.3, 0.4) is 0 Å². The number of carboxylic acids is 1. The molecule has 2 aromatic rings. The van der Waals surface area contributed by atoms with Crippen LogP contribution in [0, 0.1) is 5.92 Å². The molecule has 0 fully saturated rings. The number of nitrogens with one attached hydrogen (secondary N) is 1. The molecule has 5 nitrogen and oxygen atoms in total. The molecule has 0 aliphatic carbocycles. The molecule has 1 unspecified atom stereocenters. The van der Waals surface area contributed by atoms with Gasteiger partial charge in [-0.1, -0.05) is 30.3 Å². The molecule has 0 bridgehead atoms. The van der Waals surface area contributed by atoms with Gasteiger partial charge in [-0.05, 0) is 12.0 Å². The van der Waals surface area contributed by atoms with Crippen molar-refractivity contribution in [2.45, 2.75) is 12.8 Å². The lowest BCUT2D eigenvalue weighted by Crippen LogP contribution is -2.26. The number of thiol groups is 1. The fourth-order valence-corrected chi connectivity index (χ4v) is 2.95. The molecule has 1 aromatic carbocycles. The summed E-state index contributed by atoms with van der Waals surface area (Å²) in [4.78, 5) is 27.0. The Balaban J connectivity index is 1.97. The lowest BCUT2D eigenvalue weighted by Gasteiger charge is -2.13. The van der Waals surface area contributed by atoms with E-state index in [4.69, 9.17) is 5.11 Å². The lowest BCUT2D eigenvalue weighted by molar-refractivity contribution is -0.136. The van der Waals surface area contributed by atoms with E-state index in [1.807, 2.05) is 30.3 Å². The molecule has 0 aliphatic heterocycles. The lowest BCUT2D eigenvalue weighted by atomic mass is 10.0. The van der Waals surface area contributed by atoms with Gasteiger partial charge in [-0.2, -0.15) is 12.6 Å². The fraction of sp³-hybridized carbons (Fsp3) is 0.267. The van der Waals surface area contributed by atoms with Crippen LogP contribution in [0.4, 0.5) is 5.13 Å². The predicted octanol–water partition coefficient (Wildman–Crippen LogP) is 2.50. The zero-order valence-corrected chi connectivity index (χ0v) is 13.4. The van der Waals surface area contributed by atoms with Gasteiger partial charge in [0.2, 0.25) is 5.91 Å². The van der Waals surface area contributed by atoms with E-state index in [-0.39, 0.29) is 18.2 Å². The van der Waals surface area contributed by atoms with E-state index in [2.05, 4.69) is 22.9 Å². The van der Waals surface area contributed by atoms with Crippen LogP contribution in [0.25, 0.3) is 0 Å². The number of amides is 1. The van der Waals surface area contributed by atoms with E-state index in [1.165, 1.54) is 11.3 Å². The van der Waals surface area contributed by atoms with Crippen molar-refractivity contribution in [2.75, 3.05) is 11.1 Å². The molecule has 1 heterocycles. The van der Waals surface area contributed by atoms with Crippen LogP contribution in [-0.4, -0.2) is 27.7 Å². The van der Waals surface area contributed by atoms with Crippen LogP contribution in [0.5, 0.6) is 0 Å². The summed E-state index contributed by atoms with van der Waals surface area (Å²) in [5.41, 5.74) is 1.51. The number of hydrogen-bond acceptors (Lipinski definition) is 5. The predicted molar refractivity (Wildman–Crippen MR) is 89.6 cm³/mol. The van der Waals surface area contributed by atoms with Gasteiger partial charge in [-0.3, -0.25) is 9.59 Å². The van der Waals surface area contributed by atoms with Crippen molar-refractivity contribution < 1.29 is 14.7 Å². The van der Waals surface area contributed by atoms with E-state index >= 15 is 0 Å². The third-order valence-corrected chi connectivity index (χ3v) is 4.28. The van der Waals surface area contributed by atoms with E-state index < -0.39 is 5.97 Å². The Morgan fingerprint density at radius 2 is 2.05 bits per heavy atom. The highest BCUT2D eigenvalue weighted by Crippen LogP contribution is 2.18. The van der Waals surface area contributed by atoms with Gasteiger partial charge in [0.15, 0.2) is 5.13 Å². The average molecular weight is 336 g/mol. The number of nitrogens with zero attached hydrogens (tertiary/aromatic N) is 1. The largest absolute Gasteiger partial charge is 0.481 e. The molecular weight excluding hydrogens is 320 g/mol. The third kappa shape index (κ3) is 4.85. The molecule has 116 valence electrons. The third-order valence-electron chi connectivity index (χ3n) is 3.03. The van der Waals surface area contributed by atoms with Crippen LogP contribution < -0.4 is 5.32 Å². The second kappa shape index (κ2) is 7.95. The Morgan fingerprint density at radius 1 is 1.32 bits per heavy atom. The van der Waals surface area contributed by atoms with Gasteiger partial charge in [-0.25, -0.2) is 4.98 Å². The van der Waals surface area contributed by atoms with Crippen molar-refractivity contribution in [3.05, 3.63) is 47.0 Å². The first-order valence-electron chi connectivity index (χ1n) is 6.70. The number of thiazole rings is 1. The monoisotopic (exact) mass is 336 g/mol. The number of hydrogen-bond donors (Lipinski definition) is 3. The Bertz CT molecular complexity index is 643. The number of benzene rings is 1. The summed E-state index contributed by atoms with van der Waals surface area (Å²) >= 11 is 5.47. The summed E-state index contributed by atoms with van der Waals surface area (Å²) in [7, 11) is 0. The first kappa shape index (κ1) is 16.5. The standard InChI is InChI=1S/C15H16N2O3S2/c18-13(19)7-12-9-22-15(16-12)17-14(20)11(8-21)6-10-4-2-1-3-5-10/h1-5,9,11,21H,6-8H2,(H,18,19)(H,16,17,20). The molecule has 0 radical (unpaired) electrons. The van der Waals surface area contributed by atoms with Crippen LogP contribution in [0.1, 0.15) is 11.3 Å². The van der Waals surface area contributed by atoms with Crippen molar-refractivity contribution in [3.8, 4) is 0 Å². The van der Waals surface area contributed by atoms with Gasteiger partial charge in [-0.15, -0.1) is 11.3 Å². The maximum absolute atomic E-state index is 12.3. The topological polar surface area (TPSA) is 79.3 Å². The Hall–Kier alpha value is -1.86. The van der Waals surface area contributed by atoms with Crippen molar-refractivity contribution in [3.63, 3.8) is 0 Å². The van der Waals surface area contributed by atoms with E-state index in [9.17, 15) is 9.59 Å². The van der Waals surface area contributed by atoms with Crippen molar-refractivity contribution >= 4 is 41.0 Å². The maximum Gasteiger partial charge on any atom is 0.309 e. The van der Waals surface area contributed by atoms with Gasteiger partial charge in [0.25, 0.3) is 0 Å². The molecule has 0 saturated heterocycles. The molecule has 1 atom stereocenters. The maximum atomic E-state index is 12.3. The first-order valence-corrected chi connectivity index (χ1v) is 8.21. The van der Waals surface area contributed by atoms with Gasteiger partial charge in [0.1, 0.15) is 0 Å². The minimum absolute atomic E-state index is 0.146. The summed E-state index contributed by atoms with van der Waals surface area (Å²) in [5, 5.41) is 13.5. The van der Waals surface area contributed by atoms with Crippen LogP contribution in [0.15, 0.2) is 35.7 Å². The summed E-state index contributed by atoms with van der Waals surface area (Å²) in [6, 6.07) is 9.73. The van der Waals surface area contributed by atoms with Crippen LogP contribution in [-0.2, 0) is 22.4 Å². The van der Waals surface area contributed by atoms with Crippen molar-refractivity contribution in [1.29, 1.82) is 0 Å². The summed E-state index contributed by atoms with van der Waals surface area (Å²) in [6.45, 7) is 0. The number of carboxylic acid groups (broad SMARTS) is 1. The highest BCUT2D eigenvalue weighted by atomic mass is 32.1. The number of carbonyl (C=O) groups is 2. The zero-order chi connectivity index (χ0) is 15.9. The molecule has 7 heteroatoms. The van der Waals surface area contributed by atoms with Crippen molar-refractivity contribution in [2.24, 2.45) is 5.92 Å². The molecule has 1 amide bonds. The first-order chi connectivity index (χ1) is 10.6. The highest BCUT2D eigenvalue weighted by Gasteiger charge is 2.19. The Morgan fingerprint density at radius 3 is 2.68 bits per heavy atom. The summed E-state index contributed by atoms with van der Waals surface area (Å²) < 4.78 is 0. The SMILES string of the molecule is O=C(O)Cc1csc(NC(=O)C(CS)Cc2ccccc2)n1. The summed E-state index contributed by atoms with van der Waals surface area (Å²) in [6.07, 6.45) is 0.454. The highest BCUT2D eigenvalue weighted by molar-refractivity contribution is 7.80. The van der Waals surface area contributed by atoms with E-state index in [0.717, 1.165) is 5.56 Å². The average Bonchev–Trinajstić information content (AvgIpc) is 2.92. The molecule has 0 spiro atoms. The van der Waals surface area contributed by atoms with Crippen LogP contribution in [0.2, 0.25) is 0 Å². The Kier molecular flexibility index (Phi) is 5.97. The van der Waals surface area contributed by atoms with E-state index in [1.54, 1.807) is 5.38 Å².